The van der Waals surface area contributed by atoms with Crippen LogP contribution in [0.2, 0.25) is 0 Å². The predicted octanol–water partition coefficient (Wildman–Crippen LogP) is 16.1. The van der Waals surface area contributed by atoms with E-state index in [1.165, 1.54) is 65.9 Å². The molecule has 0 N–H and O–H groups in total. The molecule has 0 saturated heterocycles. The van der Waals surface area contributed by atoms with Gasteiger partial charge in [-0.15, -0.1) is 0 Å². The van der Waals surface area contributed by atoms with Crippen LogP contribution in [0.3, 0.4) is 0 Å². The Morgan fingerprint density at radius 1 is 0.393 bits per heavy atom. The average molecular weight is 793 g/mol. The van der Waals surface area contributed by atoms with Crippen LogP contribution in [0.15, 0.2) is 182 Å². The molecule has 61 heavy (non-hydrogen) atoms. The molecule has 10 aromatic rings. The van der Waals surface area contributed by atoms with Crippen molar-refractivity contribution in [1.82, 2.24) is 9.13 Å². The molecule has 0 bridgehead atoms. The quantitative estimate of drug-likeness (QED) is 0.135. The van der Waals surface area contributed by atoms with Gasteiger partial charge < -0.3 is 13.9 Å². The van der Waals surface area contributed by atoms with E-state index in [0.29, 0.717) is 0 Å². The van der Waals surface area contributed by atoms with Crippen molar-refractivity contribution < 1.29 is 4.74 Å². The molecule has 0 amide bonds. The van der Waals surface area contributed by atoms with Crippen molar-refractivity contribution >= 4 is 43.6 Å². The molecule has 2 heterocycles. The highest BCUT2D eigenvalue weighted by molar-refractivity contribution is 6.11. The number of para-hydroxylation sites is 3. The van der Waals surface area contributed by atoms with Gasteiger partial charge in [-0.1, -0.05) is 143 Å². The number of hydrogen-bond acceptors (Lipinski definition) is 1. The highest BCUT2D eigenvalue weighted by Gasteiger charge is 2.27. The van der Waals surface area contributed by atoms with E-state index in [4.69, 9.17) is 4.74 Å². The Hall–Kier alpha value is -6.84. The third-order valence-electron chi connectivity index (χ3n) is 13.2. The zero-order valence-corrected chi connectivity index (χ0v) is 36.0. The molecule has 0 aliphatic heterocycles. The minimum Gasteiger partial charge on any atom is -0.487 e. The third-order valence-corrected chi connectivity index (χ3v) is 13.2. The second-order valence-corrected chi connectivity index (χ2v) is 17.8. The number of fused-ring (bicyclic) bond motifs is 6. The number of ether oxygens (including phenoxy) is 1. The van der Waals surface area contributed by atoms with Gasteiger partial charge in [-0.2, -0.15) is 0 Å². The van der Waals surface area contributed by atoms with Crippen LogP contribution < -0.4 is 4.74 Å². The van der Waals surface area contributed by atoms with Crippen LogP contribution in [-0.2, 0) is 5.41 Å². The Bertz CT molecular complexity index is 3180. The lowest BCUT2D eigenvalue weighted by Gasteiger charge is -2.31. The number of hydrogen-bond donors (Lipinski definition) is 0. The molecular formula is C58H52N2O. The minimum absolute atomic E-state index is 0.00873. The van der Waals surface area contributed by atoms with Crippen LogP contribution in [0, 0.1) is 0 Å². The number of benzene rings is 8. The lowest BCUT2D eigenvalue weighted by atomic mass is 9.79. The number of nitrogens with zero attached hydrogens (tertiary/aromatic N) is 2. The summed E-state index contributed by atoms with van der Waals surface area (Å²) in [7, 11) is 0. The van der Waals surface area contributed by atoms with Gasteiger partial charge in [0.05, 0.1) is 22.1 Å². The molecule has 0 spiro atoms. The van der Waals surface area contributed by atoms with Crippen molar-refractivity contribution in [2.75, 3.05) is 0 Å². The maximum absolute atomic E-state index is 7.05. The molecule has 10 rings (SSSR count). The van der Waals surface area contributed by atoms with Crippen molar-refractivity contribution in [2.45, 2.75) is 65.4 Å². The topological polar surface area (TPSA) is 19.1 Å². The van der Waals surface area contributed by atoms with Gasteiger partial charge in [0.25, 0.3) is 0 Å². The van der Waals surface area contributed by atoms with E-state index in [0.717, 1.165) is 46.7 Å². The molecule has 0 atom stereocenters. The van der Waals surface area contributed by atoms with Gasteiger partial charge in [0.1, 0.15) is 11.4 Å². The maximum Gasteiger partial charge on any atom is 0.135 e. The Labute approximate surface area is 359 Å². The van der Waals surface area contributed by atoms with Crippen LogP contribution in [0.1, 0.15) is 59.9 Å². The third kappa shape index (κ3) is 6.70. The first-order valence-electron chi connectivity index (χ1n) is 21.8. The fourth-order valence-electron chi connectivity index (χ4n) is 8.97. The Kier molecular flexibility index (Phi) is 9.44. The average Bonchev–Trinajstić information content (AvgIpc) is 3.82. The molecule has 2 aromatic heterocycles. The van der Waals surface area contributed by atoms with Crippen LogP contribution >= 0.6 is 0 Å². The zero-order valence-electron chi connectivity index (χ0n) is 36.0. The normalized spacial score (nSPS) is 12.2. The molecule has 0 aliphatic carbocycles. The number of aromatic nitrogens is 2. The molecule has 0 aliphatic rings. The van der Waals surface area contributed by atoms with E-state index in [1.807, 2.05) is 0 Å². The van der Waals surface area contributed by atoms with Gasteiger partial charge in [0.15, 0.2) is 0 Å². The first kappa shape index (κ1) is 38.4. The molecule has 0 fully saturated rings. The van der Waals surface area contributed by atoms with Gasteiger partial charge in [0.2, 0.25) is 0 Å². The predicted molar refractivity (Wildman–Crippen MR) is 260 cm³/mol. The van der Waals surface area contributed by atoms with Crippen molar-refractivity contribution in [2.24, 2.45) is 0 Å². The highest BCUT2D eigenvalue weighted by atomic mass is 16.5. The summed E-state index contributed by atoms with van der Waals surface area (Å²) in [5, 5.41) is 5.01. The van der Waals surface area contributed by atoms with Gasteiger partial charge in [-0.25, -0.2) is 0 Å². The van der Waals surface area contributed by atoms with E-state index >= 15 is 0 Å². The smallest absolute Gasteiger partial charge is 0.135 e. The molecule has 0 unspecified atom stereocenters. The lowest BCUT2D eigenvalue weighted by Crippen LogP contribution is -2.27. The highest BCUT2D eigenvalue weighted by Crippen LogP contribution is 2.46. The van der Waals surface area contributed by atoms with Crippen LogP contribution in [0.5, 0.6) is 5.75 Å². The van der Waals surface area contributed by atoms with Gasteiger partial charge >= 0.3 is 0 Å². The van der Waals surface area contributed by atoms with E-state index in [9.17, 15) is 0 Å². The Balaban J connectivity index is 1.09. The zero-order chi connectivity index (χ0) is 41.9. The minimum atomic E-state index is -0.339. The largest absolute Gasteiger partial charge is 0.487 e. The van der Waals surface area contributed by atoms with Crippen molar-refractivity contribution in [1.29, 1.82) is 0 Å². The summed E-state index contributed by atoms with van der Waals surface area (Å²) < 4.78 is 11.9. The fourth-order valence-corrected chi connectivity index (χ4v) is 8.97. The van der Waals surface area contributed by atoms with Gasteiger partial charge in [-0.05, 0) is 127 Å². The van der Waals surface area contributed by atoms with E-state index < -0.39 is 0 Å². The van der Waals surface area contributed by atoms with E-state index in [1.54, 1.807) is 0 Å². The second kappa shape index (κ2) is 15.0. The maximum atomic E-state index is 7.05. The molecule has 3 heteroatoms. The monoisotopic (exact) mass is 792 g/mol. The summed E-state index contributed by atoms with van der Waals surface area (Å²) in [6, 6.07) is 66.7. The summed E-state index contributed by atoms with van der Waals surface area (Å²) in [6.07, 6.45) is 1.92. The Morgan fingerprint density at radius 3 is 1.46 bits per heavy atom. The molecule has 8 aromatic carbocycles. The van der Waals surface area contributed by atoms with Crippen LogP contribution in [0.4, 0.5) is 0 Å². The standard InChI is InChI=1S/C58H52N2O/c1-7-57(3,4)43-37-49(39-19-10-9-11-20-39)56(61-58(5,6)8-2)50(38-43)40-29-32-44(33-30-40)59-54-28-17-14-25-48(54)51-36-42(31-34-55(51)59)41-21-18-22-45(35-41)60-52-26-15-12-23-46(52)47-24-13-16-27-53(47)60/h9-38H,7-8H2,1-6H3. The van der Waals surface area contributed by atoms with Gasteiger partial charge in [0, 0.05) is 44.0 Å². The number of rotatable bonds is 10. The lowest BCUT2D eigenvalue weighted by molar-refractivity contribution is 0.107. The molecule has 0 saturated carbocycles. The summed E-state index contributed by atoms with van der Waals surface area (Å²) in [5.74, 6) is 0.938. The second-order valence-electron chi connectivity index (χ2n) is 17.8. The Morgan fingerprint density at radius 2 is 0.869 bits per heavy atom. The van der Waals surface area contributed by atoms with E-state index in [2.05, 4.69) is 233 Å². The summed E-state index contributed by atoms with van der Waals surface area (Å²) in [5.41, 5.74) is 15.0. The van der Waals surface area contributed by atoms with Crippen molar-refractivity contribution in [3.8, 4) is 50.5 Å². The summed E-state index contributed by atoms with van der Waals surface area (Å²) in [6.45, 7) is 13.5. The summed E-state index contributed by atoms with van der Waals surface area (Å²) in [4.78, 5) is 0. The van der Waals surface area contributed by atoms with E-state index in [-0.39, 0.29) is 11.0 Å². The van der Waals surface area contributed by atoms with Crippen molar-refractivity contribution in [3.63, 3.8) is 0 Å². The van der Waals surface area contributed by atoms with Crippen LogP contribution in [0.25, 0.3) is 88.4 Å². The first-order chi connectivity index (χ1) is 29.6. The van der Waals surface area contributed by atoms with Crippen molar-refractivity contribution in [3.05, 3.63) is 188 Å². The first-order valence-corrected chi connectivity index (χ1v) is 21.8. The summed E-state index contributed by atoms with van der Waals surface area (Å²) >= 11 is 0. The SMILES string of the molecule is CCC(C)(C)Oc1c(-c2ccccc2)cc(C(C)(C)CC)cc1-c1ccc(-n2c3ccccc3c3cc(-c4cccc(-n5c6ccccc6c6ccccc65)c4)ccc32)cc1. The van der Waals surface area contributed by atoms with Crippen LogP contribution in [-0.4, -0.2) is 14.7 Å². The molecular weight excluding hydrogens is 741 g/mol. The fraction of sp³-hybridized carbons (Fsp3) is 0.172. The van der Waals surface area contributed by atoms with Gasteiger partial charge in [-0.3, -0.25) is 0 Å². The molecule has 300 valence electrons. The molecule has 3 nitrogen and oxygen atoms in total. The molecule has 0 radical (unpaired) electrons.